The molecule has 6 heteroatoms. The molecule has 1 amide bonds. The molecule has 1 aromatic rings. The number of amides is 1. The summed E-state index contributed by atoms with van der Waals surface area (Å²) < 4.78 is 10.6. The molecule has 0 radical (unpaired) electrons. The molecule has 2 aliphatic heterocycles. The Hall–Kier alpha value is -1.50. The van der Waals surface area contributed by atoms with Crippen LogP contribution in [0.2, 0.25) is 0 Å². The van der Waals surface area contributed by atoms with Gasteiger partial charge in [-0.25, -0.2) is 0 Å². The third-order valence-electron chi connectivity index (χ3n) is 4.63. The number of methoxy groups -OCH3 is 1. The van der Waals surface area contributed by atoms with Crippen LogP contribution in [0.5, 0.6) is 0 Å². The van der Waals surface area contributed by atoms with Crippen molar-refractivity contribution >= 4 is 5.91 Å². The van der Waals surface area contributed by atoms with Crippen molar-refractivity contribution in [3.8, 4) is 0 Å². The van der Waals surface area contributed by atoms with Crippen LogP contribution < -0.4 is 5.32 Å². The second-order valence-electron chi connectivity index (χ2n) is 6.32. The lowest BCUT2D eigenvalue weighted by molar-refractivity contribution is -0.125. The van der Waals surface area contributed by atoms with Crippen LogP contribution in [0.15, 0.2) is 24.5 Å². The standard InChI is InChI=1S/C16H23N3O3/c1-21-9-15(20)18-10-16-11-19(7-14(16)8-22-12-16)6-13-3-2-4-17-5-13/h2-5,14H,6-12H2,1H3,(H,18,20)/t14-,16+/m0/s1. The van der Waals surface area contributed by atoms with E-state index >= 15 is 0 Å². The van der Waals surface area contributed by atoms with Crippen molar-refractivity contribution in [2.45, 2.75) is 6.54 Å². The van der Waals surface area contributed by atoms with Crippen molar-refractivity contribution < 1.29 is 14.3 Å². The Kier molecular flexibility index (Phi) is 4.71. The van der Waals surface area contributed by atoms with Gasteiger partial charge in [0.1, 0.15) is 6.61 Å². The monoisotopic (exact) mass is 305 g/mol. The zero-order valence-corrected chi connectivity index (χ0v) is 13.0. The van der Waals surface area contributed by atoms with E-state index in [1.807, 2.05) is 12.3 Å². The maximum atomic E-state index is 11.7. The number of nitrogens with zero attached hydrogens (tertiary/aromatic N) is 2. The molecular weight excluding hydrogens is 282 g/mol. The van der Waals surface area contributed by atoms with Gasteiger partial charge in [-0.05, 0) is 11.6 Å². The molecule has 1 N–H and O–H groups in total. The normalized spacial score (nSPS) is 27.8. The fourth-order valence-corrected chi connectivity index (χ4v) is 3.52. The van der Waals surface area contributed by atoms with Crippen molar-refractivity contribution in [1.82, 2.24) is 15.2 Å². The lowest BCUT2D eigenvalue weighted by atomic mass is 9.81. The van der Waals surface area contributed by atoms with Crippen LogP contribution in [0.1, 0.15) is 5.56 Å². The summed E-state index contributed by atoms with van der Waals surface area (Å²) in [5, 5.41) is 2.99. The average molecular weight is 305 g/mol. The Morgan fingerprint density at radius 1 is 1.64 bits per heavy atom. The summed E-state index contributed by atoms with van der Waals surface area (Å²) in [6.07, 6.45) is 3.71. The first-order chi connectivity index (χ1) is 10.7. The number of hydrogen-bond acceptors (Lipinski definition) is 5. The van der Waals surface area contributed by atoms with Gasteiger partial charge in [0.15, 0.2) is 0 Å². The molecule has 2 saturated heterocycles. The molecule has 2 atom stereocenters. The predicted octanol–water partition coefficient (Wildman–Crippen LogP) is 0.293. The number of aromatic nitrogens is 1. The van der Waals surface area contributed by atoms with E-state index in [1.165, 1.54) is 12.7 Å². The van der Waals surface area contributed by atoms with Gasteiger partial charge >= 0.3 is 0 Å². The molecule has 3 heterocycles. The third-order valence-corrected chi connectivity index (χ3v) is 4.63. The van der Waals surface area contributed by atoms with Gasteiger partial charge in [-0.1, -0.05) is 6.07 Å². The quantitative estimate of drug-likeness (QED) is 0.818. The zero-order chi connectivity index (χ0) is 15.4. The highest BCUT2D eigenvalue weighted by molar-refractivity contribution is 5.77. The summed E-state index contributed by atoms with van der Waals surface area (Å²) in [6, 6.07) is 4.07. The van der Waals surface area contributed by atoms with Crippen molar-refractivity contribution in [2.24, 2.45) is 11.3 Å². The maximum Gasteiger partial charge on any atom is 0.246 e. The molecule has 3 rings (SSSR count). The van der Waals surface area contributed by atoms with E-state index < -0.39 is 0 Å². The molecule has 0 unspecified atom stereocenters. The Bertz CT molecular complexity index is 511. The molecule has 120 valence electrons. The molecule has 0 saturated carbocycles. The van der Waals surface area contributed by atoms with Crippen LogP contribution in [-0.4, -0.2) is 62.4 Å². The molecule has 0 aliphatic carbocycles. The summed E-state index contributed by atoms with van der Waals surface area (Å²) in [5.74, 6) is 0.417. The molecule has 0 aromatic carbocycles. The lowest BCUT2D eigenvalue weighted by Gasteiger charge is -2.27. The Morgan fingerprint density at radius 2 is 2.55 bits per heavy atom. The molecule has 2 fully saturated rings. The highest BCUT2D eigenvalue weighted by atomic mass is 16.5. The Morgan fingerprint density at radius 3 is 3.32 bits per heavy atom. The molecule has 22 heavy (non-hydrogen) atoms. The number of rotatable bonds is 6. The highest BCUT2D eigenvalue weighted by Crippen LogP contribution is 2.41. The Balaban J connectivity index is 1.60. The second kappa shape index (κ2) is 6.73. The number of carbonyl (C=O) groups excluding carboxylic acids is 1. The minimum Gasteiger partial charge on any atom is -0.380 e. The van der Waals surface area contributed by atoms with Gasteiger partial charge in [0, 0.05) is 57.0 Å². The molecule has 6 nitrogen and oxygen atoms in total. The van der Waals surface area contributed by atoms with Gasteiger partial charge in [-0.3, -0.25) is 14.7 Å². The maximum absolute atomic E-state index is 11.7. The molecule has 1 aromatic heterocycles. The van der Waals surface area contributed by atoms with E-state index in [0.29, 0.717) is 19.1 Å². The smallest absolute Gasteiger partial charge is 0.246 e. The average Bonchev–Trinajstić information content (AvgIpc) is 3.03. The second-order valence-corrected chi connectivity index (χ2v) is 6.32. The molecular formula is C16H23N3O3. The van der Waals surface area contributed by atoms with Gasteiger partial charge in [0.05, 0.1) is 13.2 Å². The summed E-state index contributed by atoms with van der Waals surface area (Å²) in [6.45, 7) is 5.12. The van der Waals surface area contributed by atoms with Crippen LogP contribution in [0.25, 0.3) is 0 Å². The predicted molar refractivity (Wildman–Crippen MR) is 81.1 cm³/mol. The van der Waals surface area contributed by atoms with Crippen LogP contribution in [-0.2, 0) is 20.8 Å². The number of nitrogens with one attached hydrogen (secondary N) is 1. The lowest BCUT2D eigenvalue weighted by Crippen LogP contribution is -2.44. The number of hydrogen-bond donors (Lipinski definition) is 1. The first-order valence-electron chi connectivity index (χ1n) is 7.66. The van der Waals surface area contributed by atoms with E-state index in [9.17, 15) is 4.79 Å². The van der Waals surface area contributed by atoms with Crippen molar-refractivity contribution in [3.63, 3.8) is 0 Å². The first kappa shape index (κ1) is 15.4. The van der Waals surface area contributed by atoms with Crippen LogP contribution in [0, 0.1) is 11.3 Å². The van der Waals surface area contributed by atoms with E-state index in [2.05, 4.69) is 21.3 Å². The van der Waals surface area contributed by atoms with Crippen LogP contribution in [0.4, 0.5) is 0 Å². The van der Waals surface area contributed by atoms with Gasteiger partial charge in [0.25, 0.3) is 0 Å². The van der Waals surface area contributed by atoms with E-state index in [0.717, 1.165) is 26.2 Å². The summed E-state index contributed by atoms with van der Waals surface area (Å²) in [5.41, 5.74) is 1.26. The molecule has 0 bridgehead atoms. The van der Waals surface area contributed by atoms with Gasteiger partial charge in [-0.15, -0.1) is 0 Å². The number of pyridine rings is 1. The van der Waals surface area contributed by atoms with Crippen LogP contribution in [0.3, 0.4) is 0 Å². The molecule has 0 spiro atoms. The number of ether oxygens (including phenoxy) is 2. The van der Waals surface area contributed by atoms with Gasteiger partial charge in [0.2, 0.25) is 5.91 Å². The van der Waals surface area contributed by atoms with Crippen LogP contribution >= 0.6 is 0 Å². The minimum absolute atomic E-state index is 0.0333. The topological polar surface area (TPSA) is 63.7 Å². The van der Waals surface area contributed by atoms with Gasteiger partial charge in [-0.2, -0.15) is 0 Å². The van der Waals surface area contributed by atoms with E-state index in [-0.39, 0.29) is 17.9 Å². The summed E-state index contributed by atoms with van der Waals surface area (Å²) in [4.78, 5) is 18.3. The minimum atomic E-state index is -0.0618. The zero-order valence-electron chi connectivity index (χ0n) is 13.0. The number of fused-ring (bicyclic) bond motifs is 1. The summed E-state index contributed by atoms with van der Waals surface area (Å²) in [7, 11) is 1.53. The fourth-order valence-electron chi connectivity index (χ4n) is 3.52. The van der Waals surface area contributed by atoms with Gasteiger partial charge < -0.3 is 14.8 Å². The highest BCUT2D eigenvalue weighted by Gasteiger charge is 2.50. The first-order valence-corrected chi connectivity index (χ1v) is 7.66. The third kappa shape index (κ3) is 3.29. The van der Waals surface area contributed by atoms with Crippen molar-refractivity contribution in [2.75, 3.05) is 46.6 Å². The summed E-state index contributed by atoms with van der Waals surface area (Å²) >= 11 is 0. The van der Waals surface area contributed by atoms with E-state index in [4.69, 9.17) is 9.47 Å². The van der Waals surface area contributed by atoms with E-state index in [1.54, 1.807) is 6.20 Å². The number of likely N-dealkylation sites (tertiary alicyclic amines) is 1. The largest absolute Gasteiger partial charge is 0.380 e. The number of carbonyl (C=O) groups is 1. The Labute approximate surface area is 130 Å². The fraction of sp³-hybridized carbons (Fsp3) is 0.625. The SMILES string of the molecule is COCC(=O)NC[C@@]12COC[C@@H]1CN(Cc1cccnc1)C2. The van der Waals surface area contributed by atoms with Crippen molar-refractivity contribution in [3.05, 3.63) is 30.1 Å². The van der Waals surface area contributed by atoms with Crippen molar-refractivity contribution in [1.29, 1.82) is 0 Å². The molecule has 2 aliphatic rings.